The van der Waals surface area contributed by atoms with E-state index in [0.29, 0.717) is 24.4 Å². The minimum atomic E-state index is -3.39. The van der Waals surface area contributed by atoms with Crippen molar-refractivity contribution in [1.82, 2.24) is 9.46 Å². The number of halogens is 1. The number of aromatic nitrogens is 1. The van der Waals surface area contributed by atoms with E-state index in [-0.39, 0.29) is 30.1 Å². The number of sulfonamides is 1. The summed E-state index contributed by atoms with van der Waals surface area (Å²) < 4.78 is 31.7. The third kappa shape index (κ3) is 3.27. The van der Waals surface area contributed by atoms with E-state index in [9.17, 15) is 8.42 Å². The lowest BCUT2D eigenvalue weighted by Gasteiger charge is -2.17. The van der Waals surface area contributed by atoms with E-state index < -0.39 is 10.0 Å². The Balaban J connectivity index is 0.00000176. The maximum absolute atomic E-state index is 12.5. The molecule has 22 heavy (non-hydrogen) atoms. The molecule has 1 aliphatic heterocycles. The summed E-state index contributed by atoms with van der Waals surface area (Å²) >= 11 is 0. The van der Waals surface area contributed by atoms with Crippen molar-refractivity contribution in [1.29, 1.82) is 0 Å². The Labute approximate surface area is 136 Å². The number of nitrogens with zero attached hydrogens (tertiary/aromatic N) is 2. The second-order valence-corrected chi connectivity index (χ2v) is 7.62. The van der Waals surface area contributed by atoms with Crippen LogP contribution in [0.25, 0.3) is 11.0 Å². The van der Waals surface area contributed by atoms with Crippen molar-refractivity contribution in [3.8, 4) is 0 Å². The van der Waals surface area contributed by atoms with Gasteiger partial charge in [-0.15, -0.1) is 12.4 Å². The van der Waals surface area contributed by atoms with Gasteiger partial charge in [-0.25, -0.2) is 12.7 Å². The van der Waals surface area contributed by atoms with Crippen LogP contribution < -0.4 is 5.73 Å². The third-order valence-corrected chi connectivity index (χ3v) is 5.85. The molecule has 8 heteroatoms. The Morgan fingerprint density at radius 2 is 2.18 bits per heavy atom. The van der Waals surface area contributed by atoms with Crippen molar-refractivity contribution in [2.75, 3.05) is 13.1 Å². The van der Waals surface area contributed by atoms with Crippen LogP contribution >= 0.6 is 12.4 Å². The van der Waals surface area contributed by atoms with Crippen LogP contribution in [-0.2, 0) is 15.8 Å². The van der Waals surface area contributed by atoms with Crippen LogP contribution in [0.4, 0.5) is 0 Å². The van der Waals surface area contributed by atoms with Crippen LogP contribution in [0.15, 0.2) is 28.8 Å². The van der Waals surface area contributed by atoms with Crippen LogP contribution in [0.3, 0.4) is 0 Å². The van der Waals surface area contributed by atoms with Crippen molar-refractivity contribution < 1.29 is 12.9 Å². The predicted molar refractivity (Wildman–Crippen MR) is 87.2 cm³/mol. The second kappa shape index (κ2) is 6.54. The van der Waals surface area contributed by atoms with E-state index in [0.717, 1.165) is 11.8 Å². The van der Waals surface area contributed by atoms with Crippen LogP contribution in [0.5, 0.6) is 0 Å². The van der Waals surface area contributed by atoms with Crippen LogP contribution in [0, 0.1) is 5.92 Å². The van der Waals surface area contributed by atoms with Crippen molar-refractivity contribution in [3.05, 3.63) is 30.0 Å². The number of hydrogen-bond acceptors (Lipinski definition) is 5. The molecule has 0 spiro atoms. The summed E-state index contributed by atoms with van der Waals surface area (Å²) in [6.45, 7) is 2.95. The Morgan fingerprint density at radius 1 is 1.45 bits per heavy atom. The number of fused-ring (bicyclic) bond motifs is 1. The topological polar surface area (TPSA) is 89.4 Å². The molecule has 2 atom stereocenters. The fourth-order valence-electron chi connectivity index (χ4n) is 2.74. The summed E-state index contributed by atoms with van der Waals surface area (Å²) in [6.07, 6.45) is 0.816. The monoisotopic (exact) mass is 345 g/mol. The van der Waals surface area contributed by atoms with Gasteiger partial charge in [-0.1, -0.05) is 17.3 Å². The first-order valence-electron chi connectivity index (χ1n) is 7.04. The molecule has 0 aliphatic carbocycles. The summed E-state index contributed by atoms with van der Waals surface area (Å²) in [5.74, 6) is 0.101. The average Bonchev–Trinajstić information content (AvgIpc) is 3.06. The van der Waals surface area contributed by atoms with Gasteiger partial charge in [-0.05, 0) is 31.4 Å². The van der Waals surface area contributed by atoms with Gasteiger partial charge in [0.25, 0.3) is 0 Å². The molecule has 0 saturated carbocycles. The first-order valence-corrected chi connectivity index (χ1v) is 8.65. The molecule has 1 fully saturated rings. The standard InChI is InChI=1S/C14H19N3O3S.ClH/c1-10(15)11-6-7-17(8-11)21(18,19)9-13-12-4-2-3-5-14(12)20-16-13;/h2-5,10-11H,6-9,15H2,1H3;1H. The van der Waals surface area contributed by atoms with E-state index in [2.05, 4.69) is 5.16 Å². The van der Waals surface area contributed by atoms with Crippen LogP contribution in [-0.4, -0.2) is 37.0 Å². The molecule has 2 heterocycles. The SMILES string of the molecule is CC(N)C1CCN(S(=O)(=O)Cc2noc3ccccc23)C1.Cl. The zero-order chi connectivity index (χ0) is 15.0. The molecular formula is C14H20ClN3O3S. The molecule has 3 rings (SSSR count). The molecule has 1 aromatic heterocycles. The number of benzene rings is 1. The van der Waals surface area contributed by atoms with Gasteiger partial charge in [0, 0.05) is 24.5 Å². The average molecular weight is 346 g/mol. The maximum atomic E-state index is 12.5. The summed E-state index contributed by atoms with van der Waals surface area (Å²) in [4.78, 5) is 0. The molecule has 1 saturated heterocycles. The predicted octanol–water partition coefficient (Wildman–Crippen LogP) is 1.75. The zero-order valence-electron chi connectivity index (χ0n) is 12.3. The quantitative estimate of drug-likeness (QED) is 0.911. The van der Waals surface area contributed by atoms with Gasteiger partial charge in [-0.2, -0.15) is 0 Å². The molecule has 2 N–H and O–H groups in total. The van der Waals surface area contributed by atoms with Crippen LogP contribution in [0.2, 0.25) is 0 Å². The highest BCUT2D eigenvalue weighted by atomic mass is 35.5. The van der Waals surface area contributed by atoms with Crippen molar-refractivity contribution in [2.24, 2.45) is 11.7 Å². The zero-order valence-corrected chi connectivity index (χ0v) is 13.9. The molecule has 122 valence electrons. The van der Waals surface area contributed by atoms with Gasteiger partial charge in [0.05, 0.1) is 0 Å². The van der Waals surface area contributed by atoms with E-state index in [1.807, 2.05) is 25.1 Å². The summed E-state index contributed by atoms with van der Waals surface area (Å²) in [5, 5.41) is 4.65. The van der Waals surface area contributed by atoms with Crippen LogP contribution in [0.1, 0.15) is 19.0 Å². The summed E-state index contributed by atoms with van der Waals surface area (Å²) in [7, 11) is -3.39. The summed E-state index contributed by atoms with van der Waals surface area (Å²) in [6, 6.07) is 7.29. The second-order valence-electron chi connectivity index (χ2n) is 5.65. The Hall–Kier alpha value is -1.15. The van der Waals surface area contributed by atoms with Crippen molar-refractivity contribution >= 4 is 33.4 Å². The number of nitrogens with two attached hydrogens (primary N) is 1. The van der Waals surface area contributed by atoms with E-state index >= 15 is 0 Å². The van der Waals surface area contributed by atoms with Gasteiger partial charge in [0.2, 0.25) is 10.0 Å². The molecule has 0 radical (unpaired) electrons. The number of para-hydroxylation sites is 1. The number of hydrogen-bond donors (Lipinski definition) is 1. The normalized spacial score (nSPS) is 20.9. The number of rotatable bonds is 4. The molecule has 1 aromatic carbocycles. The lowest BCUT2D eigenvalue weighted by molar-refractivity contribution is 0.424. The molecule has 0 bridgehead atoms. The first-order chi connectivity index (χ1) is 9.97. The van der Waals surface area contributed by atoms with Gasteiger partial charge in [0.1, 0.15) is 11.4 Å². The molecule has 2 unspecified atom stereocenters. The highest BCUT2D eigenvalue weighted by Crippen LogP contribution is 2.25. The van der Waals surface area contributed by atoms with E-state index in [1.54, 1.807) is 6.07 Å². The minimum absolute atomic E-state index is 0. The molecule has 6 nitrogen and oxygen atoms in total. The fraction of sp³-hybridized carbons (Fsp3) is 0.500. The molecular weight excluding hydrogens is 326 g/mol. The molecule has 2 aromatic rings. The maximum Gasteiger partial charge on any atom is 0.220 e. The van der Waals surface area contributed by atoms with E-state index in [4.69, 9.17) is 10.3 Å². The lowest BCUT2D eigenvalue weighted by atomic mass is 10.0. The molecule has 0 amide bonds. The van der Waals surface area contributed by atoms with Crippen molar-refractivity contribution in [2.45, 2.75) is 25.1 Å². The largest absolute Gasteiger partial charge is 0.356 e. The van der Waals surface area contributed by atoms with Gasteiger partial charge >= 0.3 is 0 Å². The highest BCUT2D eigenvalue weighted by molar-refractivity contribution is 7.88. The third-order valence-electron chi connectivity index (χ3n) is 4.10. The highest BCUT2D eigenvalue weighted by Gasteiger charge is 2.33. The van der Waals surface area contributed by atoms with Gasteiger partial charge < -0.3 is 10.3 Å². The van der Waals surface area contributed by atoms with Crippen molar-refractivity contribution in [3.63, 3.8) is 0 Å². The van der Waals surface area contributed by atoms with Gasteiger partial charge in [-0.3, -0.25) is 0 Å². The minimum Gasteiger partial charge on any atom is -0.356 e. The summed E-state index contributed by atoms with van der Waals surface area (Å²) in [5.41, 5.74) is 6.94. The first kappa shape index (κ1) is 17.2. The van der Waals surface area contributed by atoms with E-state index in [1.165, 1.54) is 4.31 Å². The van der Waals surface area contributed by atoms with Gasteiger partial charge in [0.15, 0.2) is 5.58 Å². The Kier molecular flexibility index (Phi) is 5.11. The Bertz CT molecular complexity index is 745. The smallest absolute Gasteiger partial charge is 0.220 e. The fourth-order valence-corrected chi connectivity index (χ4v) is 4.28. The lowest BCUT2D eigenvalue weighted by Crippen LogP contribution is -2.33. The molecule has 1 aliphatic rings. The Morgan fingerprint density at radius 3 is 2.86 bits per heavy atom.